The normalized spacial score (nSPS) is 15.0. The van der Waals surface area contributed by atoms with Crippen LogP contribution in [0.15, 0.2) is 9.98 Å². The van der Waals surface area contributed by atoms with E-state index in [1.807, 2.05) is 13.8 Å². The molecule has 6 rings (SSSR count). The number of benzene rings is 3. The van der Waals surface area contributed by atoms with E-state index < -0.39 is 6.03 Å². The summed E-state index contributed by atoms with van der Waals surface area (Å²) in [5.74, 6) is 2.74. The molecule has 0 saturated carbocycles. The van der Waals surface area contributed by atoms with Gasteiger partial charge in [-0.25, -0.2) is 4.58 Å². The Morgan fingerprint density at radius 1 is 0.479 bits per heavy atom. The average Bonchev–Trinajstić information content (AvgIpc) is 3.04. The first kappa shape index (κ1) is 41.1. The van der Waals surface area contributed by atoms with Gasteiger partial charge in [-0.15, -0.1) is 0 Å². The summed E-state index contributed by atoms with van der Waals surface area (Å²) in [4.78, 5) is 9.69. The number of hydrogen-bond acceptors (Lipinski definition) is 5. The minimum atomic E-state index is -1.40. The third-order valence-corrected chi connectivity index (χ3v) is 11.0. The molecule has 9 heteroatoms. The van der Waals surface area contributed by atoms with E-state index in [0.717, 1.165) is 50.9 Å². The molecule has 1 radical (unpaired) electrons. The predicted molar refractivity (Wildman–Crippen MR) is 214 cm³/mol. The molecule has 3 aromatic carbocycles. The fourth-order valence-electron chi connectivity index (χ4n) is 6.96. The molecule has 255 valence electrons. The Morgan fingerprint density at radius 2 is 0.792 bits per heavy atom. The van der Waals surface area contributed by atoms with Crippen molar-refractivity contribution in [3.63, 3.8) is 0 Å². The standard InChI is InChI=1S/C25H30N2O2.C14H20NO.I2.Y/c1-11-13(3)17(7)23-21(15(11)5)19(9)26-25(28-23)27-20(10)22-16(6)12(2)14(4)18(8)24(22)29-25;1-8-9(2)11(4)14-13(10(8)3)12(5)15(6)7-16-14;1-2;/h1-10H3;7H2,1-6H3;;/q;+1;;. The summed E-state index contributed by atoms with van der Waals surface area (Å²) >= 11 is 4.24. The Labute approximate surface area is 336 Å². The van der Waals surface area contributed by atoms with Crippen LogP contribution in [0.2, 0.25) is 0 Å². The van der Waals surface area contributed by atoms with Gasteiger partial charge in [-0.2, -0.15) is 9.98 Å². The zero-order valence-corrected chi connectivity index (χ0v) is 38.8. The van der Waals surface area contributed by atoms with Gasteiger partial charge in [0, 0.05) is 88.0 Å². The van der Waals surface area contributed by atoms with Crippen LogP contribution in [-0.4, -0.2) is 41.5 Å². The van der Waals surface area contributed by atoms with Gasteiger partial charge in [-0.1, -0.05) is 0 Å². The van der Waals surface area contributed by atoms with Crippen LogP contribution in [-0.2, 0) is 32.7 Å². The van der Waals surface area contributed by atoms with E-state index in [1.54, 1.807) is 0 Å². The Bertz CT molecular complexity index is 1830. The van der Waals surface area contributed by atoms with Crippen LogP contribution < -0.4 is 14.2 Å². The summed E-state index contributed by atoms with van der Waals surface area (Å²) in [6, 6.07) is -1.40. The second-order valence-electron chi connectivity index (χ2n) is 13.3. The summed E-state index contributed by atoms with van der Waals surface area (Å²) in [7, 11) is 2.07. The van der Waals surface area contributed by atoms with Crippen LogP contribution in [0.4, 0.5) is 0 Å². The second-order valence-corrected chi connectivity index (χ2v) is 13.3. The summed E-state index contributed by atoms with van der Waals surface area (Å²) in [6.45, 7) is 32.6. The molecule has 6 nitrogen and oxygen atoms in total. The zero-order valence-electron chi connectivity index (χ0n) is 31.6. The molecule has 0 atom stereocenters. The Balaban J connectivity index is 0.000000280. The van der Waals surface area contributed by atoms with Crippen LogP contribution in [0.25, 0.3) is 0 Å². The Morgan fingerprint density at radius 3 is 1.17 bits per heavy atom. The first-order valence-corrected chi connectivity index (χ1v) is 22.4. The number of hydrogen-bond donors (Lipinski definition) is 0. The van der Waals surface area contributed by atoms with Gasteiger partial charge >= 0.3 is 6.03 Å². The SMILES string of the molecule is CC1=NC2(N=C(C)c3c(C)c(C)c(C)c(C)c3O2)Oc2c(C)c(C)c(C)c(C)c21.CC1=[N+](C)COc2c(C)c(C)c(C)c(C)c21.II.[Y]. The van der Waals surface area contributed by atoms with Crippen molar-refractivity contribution >= 4 is 54.4 Å². The summed E-state index contributed by atoms with van der Waals surface area (Å²) < 4.78 is 21.0. The van der Waals surface area contributed by atoms with Crippen LogP contribution in [0.3, 0.4) is 0 Å². The maximum absolute atomic E-state index is 6.47. The van der Waals surface area contributed by atoms with Gasteiger partial charge in [0.25, 0.3) is 6.73 Å². The monoisotopic (exact) mass is 951 g/mol. The zero-order chi connectivity index (χ0) is 35.4. The fraction of sp³-hybridized carbons (Fsp3) is 0.462. The average molecular weight is 952 g/mol. The van der Waals surface area contributed by atoms with Crippen molar-refractivity contribution in [1.82, 2.24) is 0 Å². The van der Waals surface area contributed by atoms with Gasteiger partial charge in [0.2, 0.25) is 0 Å². The molecule has 3 aliphatic rings. The molecule has 0 bridgehead atoms. The quantitative estimate of drug-likeness (QED) is 0.167. The van der Waals surface area contributed by atoms with Crippen LogP contribution >= 0.6 is 37.2 Å². The van der Waals surface area contributed by atoms with E-state index in [-0.39, 0.29) is 32.7 Å². The van der Waals surface area contributed by atoms with Crippen molar-refractivity contribution < 1.29 is 51.5 Å². The first-order chi connectivity index (χ1) is 21.9. The molecule has 0 saturated heterocycles. The first-order valence-electron chi connectivity index (χ1n) is 16.1. The smallest absolute Gasteiger partial charge is 0.435 e. The van der Waals surface area contributed by atoms with E-state index in [9.17, 15) is 0 Å². The second kappa shape index (κ2) is 15.5. The molecule has 48 heavy (non-hydrogen) atoms. The van der Waals surface area contributed by atoms with Gasteiger partial charge < -0.3 is 14.2 Å². The molecule has 0 N–H and O–H groups in total. The Hall–Kier alpha value is -1.37. The molecule has 0 unspecified atom stereocenters. The van der Waals surface area contributed by atoms with Crippen molar-refractivity contribution in [2.45, 2.75) is 110 Å². The molecule has 3 aromatic rings. The van der Waals surface area contributed by atoms with Crippen molar-refractivity contribution in [3.05, 3.63) is 83.5 Å². The molecule has 0 amide bonds. The summed E-state index contributed by atoms with van der Waals surface area (Å²) in [5.41, 5.74) is 21.6. The summed E-state index contributed by atoms with van der Waals surface area (Å²) in [5, 5.41) is 0. The van der Waals surface area contributed by atoms with E-state index in [4.69, 9.17) is 24.2 Å². The van der Waals surface area contributed by atoms with Crippen molar-refractivity contribution in [1.29, 1.82) is 0 Å². The molecule has 0 fully saturated rings. The fourth-order valence-corrected chi connectivity index (χ4v) is 6.96. The van der Waals surface area contributed by atoms with E-state index in [1.165, 1.54) is 66.9 Å². The number of fused-ring (bicyclic) bond motifs is 3. The predicted octanol–water partition coefficient (Wildman–Crippen LogP) is 10.4. The number of aliphatic imine (C=N–C) groups is 2. The number of ether oxygens (including phenoxy) is 3. The minimum absolute atomic E-state index is 0. The van der Waals surface area contributed by atoms with Crippen molar-refractivity contribution in [2.24, 2.45) is 9.98 Å². The van der Waals surface area contributed by atoms with E-state index in [2.05, 4.69) is 139 Å². The van der Waals surface area contributed by atoms with Crippen molar-refractivity contribution in [2.75, 3.05) is 13.8 Å². The van der Waals surface area contributed by atoms with Gasteiger partial charge in [-0.05, 0) is 164 Å². The van der Waals surface area contributed by atoms with Crippen molar-refractivity contribution in [3.8, 4) is 17.2 Å². The van der Waals surface area contributed by atoms with Crippen LogP contribution in [0, 0.1) is 83.1 Å². The third kappa shape index (κ3) is 6.82. The topological polar surface area (TPSA) is 55.4 Å². The molecule has 1 spiro atoms. The van der Waals surface area contributed by atoms with E-state index >= 15 is 0 Å². The number of rotatable bonds is 0. The van der Waals surface area contributed by atoms with Gasteiger partial charge in [-0.3, -0.25) is 0 Å². The van der Waals surface area contributed by atoms with E-state index in [0.29, 0.717) is 6.73 Å². The molecular formula is C39H50I2N3O3Y+. The molecule has 0 aliphatic carbocycles. The Kier molecular flexibility index (Phi) is 13.2. The van der Waals surface area contributed by atoms with Crippen LogP contribution in [0.5, 0.6) is 17.2 Å². The third-order valence-electron chi connectivity index (χ3n) is 11.0. The number of halogens is 2. The maximum Gasteiger partial charge on any atom is 0.471 e. The number of nitrogens with zero attached hydrogens (tertiary/aromatic N) is 3. The molecular weight excluding hydrogens is 901 g/mol. The van der Waals surface area contributed by atoms with Gasteiger partial charge in [0.15, 0.2) is 5.71 Å². The molecule has 3 aliphatic heterocycles. The summed E-state index contributed by atoms with van der Waals surface area (Å²) in [6.07, 6.45) is 0. The van der Waals surface area contributed by atoms with Crippen LogP contribution in [0.1, 0.15) is 104 Å². The molecule has 0 aromatic heterocycles. The van der Waals surface area contributed by atoms with Gasteiger partial charge in [0.1, 0.15) is 24.3 Å². The molecule has 3 heterocycles. The van der Waals surface area contributed by atoms with Gasteiger partial charge in [0.05, 0.1) is 17.0 Å². The largest absolute Gasteiger partial charge is 0.471 e. The minimum Gasteiger partial charge on any atom is -0.435 e. The maximum atomic E-state index is 6.47.